The van der Waals surface area contributed by atoms with Gasteiger partial charge in [0, 0.05) is 43.1 Å². The molecule has 0 spiro atoms. The average molecular weight is 925 g/mol. The molecular weight excluding hydrogens is 860 g/mol. The van der Waals surface area contributed by atoms with Crippen molar-refractivity contribution in [3.8, 4) is 0 Å². The first-order chi connectivity index (χ1) is 30.6. The van der Waals surface area contributed by atoms with E-state index in [4.69, 9.17) is 0 Å². The Morgan fingerprint density at radius 2 is 0.683 bits per heavy atom. The summed E-state index contributed by atoms with van der Waals surface area (Å²) in [7, 11) is 0. The zero-order valence-electron chi connectivity index (χ0n) is 42.9. The van der Waals surface area contributed by atoms with Gasteiger partial charge in [-0.2, -0.15) is 0 Å². The summed E-state index contributed by atoms with van der Waals surface area (Å²) in [6.45, 7) is 26.2. The third-order valence-corrected chi connectivity index (χ3v) is 17.3. The fourth-order valence-corrected chi connectivity index (χ4v) is 10.6. The van der Waals surface area contributed by atoms with Gasteiger partial charge >= 0.3 is 0 Å². The van der Waals surface area contributed by atoms with Crippen LogP contribution in [0.2, 0.25) is 0 Å². The zero-order valence-corrected chi connectivity index (χ0v) is 40.1. The van der Waals surface area contributed by atoms with E-state index in [-0.39, 0.29) is 47.1 Å². The van der Waals surface area contributed by atoms with Crippen molar-refractivity contribution in [2.75, 3.05) is 9.80 Å². The number of hydrogen-bond donors (Lipinski definition) is 0. The molecule has 7 aromatic carbocycles. The summed E-state index contributed by atoms with van der Waals surface area (Å²) < 4.78 is 60.0. The van der Waals surface area contributed by atoms with Crippen LogP contribution in [-0.2, 0) is 21.7 Å². The fourth-order valence-electron chi connectivity index (χ4n) is 10.0. The van der Waals surface area contributed by atoms with Crippen LogP contribution in [0.3, 0.4) is 0 Å². The van der Waals surface area contributed by atoms with Crippen LogP contribution in [0.4, 0.5) is 34.1 Å². The van der Waals surface area contributed by atoms with Crippen LogP contribution < -0.4 is 9.80 Å². The lowest BCUT2D eigenvalue weighted by Gasteiger charge is -2.44. The van der Waals surface area contributed by atoms with Gasteiger partial charge in [-0.3, -0.25) is 0 Å². The first kappa shape index (κ1) is 34.2. The molecule has 0 amide bonds. The summed E-state index contributed by atoms with van der Waals surface area (Å²) in [5.74, 6) is 0. The van der Waals surface area contributed by atoms with E-state index in [0.29, 0.717) is 11.4 Å². The molecule has 0 radical (unpaired) electrons. The lowest BCUT2D eigenvalue weighted by atomic mass is 9.59. The van der Waals surface area contributed by atoms with E-state index >= 15 is 0 Å². The second-order valence-electron chi connectivity index (χ2n) is 20.2. The summed E-state index contributed by atoms with van der Waals surface area (Å²) in [4.78, 5) is 3.95. The van der Waals surface area contributed by atoms with E-state index in [9.17, 15) is 8.22 Å². The van der Waals surface area contributed by atoms with Crippen molar-refractivity contribution >= 4 is 87.5 Å². The Kier molecular flexibility index (Phi) is 7.74. The summed E-state index contributed by atoms with van der Waals surface area (Å²) in [5.41, 5.74) is 4.83. The minimum Gasteiger partial charge on any atom is -0.310 e. The second-order valence-corrected chi connectivity index (χ2v) is 22.0. The SMILES string of the molecule is [2H]c1c([2H])c2c(c([2H])c1N(c1ccc(Br)cc1)c1ccc3c(ccc4cc(N(c5ccc(Br)cc5)c5c([2H])c([2H])c6c(c5[2H])C(C)(C)C(C)(C)C6(C)C)ccc43)c1)C(C)(C)C(C)(C)C2(C)C. The molecule has 0 atom stereocenters. The van der Waals surface area contributed by atoms with Crippen LogP contribution in [0.1, 0.15) is 114 Å². The maximum atomic E-state index is 9.94. The minimum absolute atomic E-state index is 0.0354. The smallest absolute Gasteiger partial charge is 0.0648 e. The number of halogens is 2. The third-order valence-electron chi connectivity index (χ3n) is 16.3. The Bertz CT molecular complexity index is 2970. The van der Waals surface area contributed by atoms with Gasteiger partial charge in [0.2, 0.25) is 0 Å². The summed E-state index contributed by atoms with van der Waals surface area (Å²) in [6, 6.07) is 33.5. The van der Waals surface area contributed by atoms with Crippen LogP contribution in [-0.4, -0.2) is 0 Å². The third kappa shape index (κ3) is 5.75. The normalized spacial score (nSPS) is 20.0. The van der Waals surface area contributed by atoms with E-state index in [0.717, 1.165) is 75.5 Å². The first-order valence-corrected chi connectivity index (χ1v) is 22.6. The highest BCUT2D eigenvalue weighted by molar-refractivity contribution is 9.10. The Morgan fingerprint density at radius 1 is 0.367 bits per heavy atom. The van der Waals surface area contributed by atoms with Gasteiger partial charge in [0.15, 0.2) is 0 Å². The van der Waals surface area contributed by atoms with Gasteiger partial charge in [-0.15, -0.1) is 0 Å². The Balaban J connectivity index is 1.22. The molecule has 0 saturated carbocycles. The van der Waals surface area contributed by atoms with Crippen molar-refractivity contribution in [1.82, 2.24) is 0 Å². The molecule has 9 rings (SSSR count). The molecule has 0 saturated heterocycles. The summed E-state index contributed by atoms with van der Waals surface area (Å²) >= 11 is 7.21. The van der Waals surface area contributed by atoms with Crippen molar-refractivity contribution < 1.29 is 8.22 Å². The van der Waals surface area contributed by atoms with Crippen molar-refractivity contribution in [2.45, 2.75) is 105 Å². The molecule has 7 aromatic rings. The minimum atomic E-state index is -0.445. The van der Waals surface area contributed by atoms with E-state index in [1.807, 2.05) is 70.5 Å². The predicted octanol–water partition coefficient (Wildman–Crippen LogP) is 17.6. The number of nitrogens with zero attached hydrogens (tertiary/aromatic N) is 2. The first-order valence-electron chi connectivity index (χ1n) is 24.0. The average Bonchev–Trinajstić information content (AvgIpc) is 3.44. The Hall–Kier alpha value is -4.38. The quantitative estimate of drug-likeness (QED) is 0.153. The van der Waals surface area contributed by atoms with Crippen LogP contribution in [0.15, 0.2) is 142 Å². The summed E-state index contributed by atoms with van der Waals surface area (Å²) in [6.07, 6.45) is 0. The highest BCUT2D eigenvalue weighted by Crippen LogP contribution is 2.63. The molecule has 0 aromatic heterocycles. The second kappa shape index (κ2) is 13.6. The highest BCUT2D eigenvalue weighted by Gasteiger charge is 2.58. The van der Waals surface area contributed by atoms with E-state index < -0.39 is 21.7 Å². The maximum Gasteiger partial charge on any atom is 0.0648 e. The molecule has 2 aliphatic carbocycles. The molecule has 0 aliphatic heterocycles. The fraction of sp³-hybridized carbons (Fsp3) is 0.321. The highest BCUT2D eigenvalue weighted by atomic mass is 79.9. The predicted molar refractivity (Wildman–Crippen MR) is 266 cm³/mol. The Morgan fingerprint density at radius 3 is 1.03 bits per heavy atom. The molecule has 0 fully saturated rings. The van der Waals surface area contributed by atoms with Crippen LogP contribution >= 0.6 is 31.9 Å². The van der Waals surface area contributed by atoms with Gasteiger partial charge < -0.3 is 9.80 Å². The number of fused-ring (bicyclic) bond motifs is 5. The standard InChI is InChI=1S/C56H58Br2N2/c1-51(2)47-29-25-43(33-49(47)53(5,6)55(51,9)10)59(39-19-15-37(57)16-20-39)41-23-27-45-35(31-41)13-14-36-32-42(24-28-46(36)45)60(40-21-17-38(58)18-22-40)44-26-30-48-50(34-44)54(7,8)56(11,12)52(48,3)4/h13-34H,1-12H3/i25D,26D,29D,30D,33D,34D. The topological polar surface area (TPSA) is 6.48 Å². The van der Waals surface area contributed by atoms with Crippen LogP contribution in [0.5, 0.6) is 0 Å². The summed E-state index contributed by atoms with van der Waals surface area (Å²) in [5, 5.41) is 3.98. The van der Waals surface area contributed by atoms with Gasteiger partial charge in [-0.1, -0.05) is 151 Å². The van der Waals surface area contributed by atoms with Crippen LogP contribution in [0.25, 0.3) is 21.5 Å². The van der Waals surface area contributed by atoms with E-state index in [1.165, 1.54) is 0 Å². The van der Waals surface area contributed by atoms with Gasteiger partial charge in [0.1, 0.15) is 0 Å². The molecule has 2 nitrogen and oxygen atoms in total. The van der Waals surface area contributed by atoms with E-state index in [1.54, 1.807) is 0 Å². The molecule has 0 bridgehead atoms. The molecule has 306 valence electrons. The molecule has 0 N–H and O–H groups in total. The number of anilines is 6. The van der Waals surface area contributed by atoms with E-state index in [2.05, 4.69) is 151 Å². The molecule has 0 unspecified atom stereocenters. The molecular formula is C56H58Br2N2. The molecule has 2 aliphatic rings. The number of hydrogen-bond acceptors (Lipinski definition) is 2. The number of benzene rings is 7. The molecule has 60 heavy (non-hydrogen) atoms. The van der Waals surface area contributed by atoms with Crippen molar-refractivity contribution in [3.05, 3.63) is 165 Å². The largest absolute Gasteiger partial charge is 0.310 e. The number of rotatable bonds is 6. The molecule has 4 heteroatoms. The lowest BCUT2D eigenvalue weighted by Crippen LogP contribution is -2.42. The van der Waals surface area contributed by atoms with Crippen molar-refractivity contribution in [3.63, 3.8) is 0 Å². The Labute approximate surface area is 383 Å². The lowest BCUT2D eigenvalue weighted by molar-refractivity contribution is 0.125. The molecule has 0 heterocycles. The van der Waals surface area contributed by atoms with Crippen molar-refractivity contribution in [1.29, 1.82) is 0 Å². The van der Waals surface area contributed by atoms with Crippen molar-refractivity contribution in [2.24, 2.45) is 10.8 Å². The van der Waals surface area contributed by atoms with Gasteiger partial charge in [-0.25, -0.2) is 0 Å². The van der Waals surface area contributed by atoms with Gasteiger partial charge in [0.05, 0.1) is 8.22 Å². The van der Waals surface area contributed by atoms with Gasteiger partial charge in [0.25, 0.3) is 0 Å². The van der Waals surface area contributed by atoms with Gasteiger partial charge in [-0.05, 0) is 173 Å². The maximum absolute atomic E-state index is 9.94. The van der Waals surface area contributed by atoms with Crippen LogP contribution in [0, 0.1) is 10.8 Å². The monoisotopic (exact) mass is 922 g/mol. The zero-order chi connectivity index (χ0) is 48.2.